The fourth-order valence-electron chi connectivity index (χ4n) is 1.38. The lowest BCUT2D eigenvalue weighted by atomic mass is 10.7. The minimum atomic E-state index is -3.28. The Labute approximate surface area is 157 Å². The van der Waals surface area contributed by atoms with Gasteiger partial charge in [-0.15, -0.1) is 0 Å². The molecule has 0 rings (SSSR count). The molecular weight excluding hydrogens is 423 g/mol. The molecule has 0 aromatic rings. The summed E-state index contributed by atoms with van der Waals surface area (Å²) < 4.78 is 52.8. The number of ether oxygens (including phenoxy) is 6. The molecule has 0 amide bonds. The molecule has 0 heterocycles. The second-order valence-electron chi connectivity index (χ2n) is 4.53. The summed E-state index contributed by atoms with van der Waals surface area (Å²) in [4.78, 5) is 0. The van der Waals surface area contributed by atoms with Gasteiger partial charge in [0.15, 0.2) is 0 Å². The second-order valence-corrected chi connectivity index (χ2v) is 8.52. The summed E-state index contributed by atoms with van der Waals surface area (Å²) in [5.74, 6) is 0. The van der Waals surface area contributed by atoms with Crippen LogP contribution in [-0.2, 0) is 42.0 Å². The van der Waals surface area contributed by atoms with Crippen molar-refractivity contribution in [2.24, 2.45) is 0 Å². The molecule has 25 heavy (non-hydrogen) atoms. The van der Waals surface area contributed by atoms with Crippen LogP contribution in [0.5, 0.6) is 0 Å². The van der Waals surface area contributed by atoms with E-state index in [9.17, 15) is 4.57 Å². The number of hydrogen-bond donors (Lipinski definition) is 0. The van der Waals surface area contributed by atoms with Gasteiger partial charge < -0.3 is 28.4 Å². The van der Waals surface area contributed by atoms with Crippen molar-refractivity contribution in [2.45, 2.75) is 0 Å². The van der Waals surface area contributed by atoms with Crippen LogP contribution in [0.1, 0.15) is 0 Å². The predicted molar refractivity (Wildman–Crippen MR) is 95.5 cm³/mol. The van der Waals surface area contributed by atoms with Crippen LogP contribution < -0.4 is 0 Å². The van der Waals surface area contributed by atoms with Crippen LogP contribution in [0.15, 0.2) is 0 Å². The van der Waals surface area contributed by atoms with Crippen molar-refractivity contribution in [3.05, 3.63) is 0 Å². The van der Waals surface area contributed by atoms with Gasteiger partial charge in [0.1, 0.15) is 0 Å². The third-order valence-corrected chi connectivity index (χ3v) is 4.76. The van der Waals surface area contributed by atoms with Crippen molar-refractivity contribution in [3.63, 3.8) is 0 Å². The van der Waals surface area contributed by atoms with Gasteiger partial charge >= 0.3 is 6.30 Å². The second kappa shape index (κ2) is 19.2. The first-order valence-electron chi connectivity index (χ1n) is 8.00. The van der Waals surface area contributed by atoms with Crippen LogP contribution in [0, 0.1) is 0 Å². The molecule has 0 unspecified atom stereocenters. The molecule has 0 aliphatic carbocycles. The Balaban J connectivity index is 3.34. The van der Waals surface area contributed by atoms with E-state index in [2.05, 4.69) is 15.5 Å². The van der Waals surface area contributed by atoms with Gasteiger partial charge in [-0.1, -0.05) is 0 Å². The van der Waals surface area contributed by atoms with E-state index in [1.165, 1.54) is 0 Å². The smallest absolute Gasteiger partial charge is 0.382 e. The monoisotopic (exact) mass is 452 g/mol. The molecule has 0 aromatic heterocycles. The van der Waals surface area contributed by atoms with Gasteiger partial charge in [0.25, 0.3) is 0 Å². The lowest BCUT2D eigenvalue weighted by molar-refractivity contribution is 0.0127. The van der Waals surface area contributed by atoms with Crippen molar-refractivity contribution in [3.8, 4) is 0 Å². The van der Waals surface area contributed by atoms with E-state index in [0.717, 1.165) is 0 Å². The Bertz CT molecular complexity index is 297. The first kappa shape index (κ1) is 25.4. The van der Waals surface area contributed by atoms with Crippen LogP contribution in [-0.4, -0.2) is 93.5 Å². The van der Waals surface area contributed by atoms with Crippen LogP contribution in [0.25, 0.3) is 0 Å². The zero-order chi connectivity index (χ0) is 18.6. The van der Waals surface area contributed by atoms with Crippen molar-refractivity contribution in [2.75, 3.05) is 93.5 Å². The standard InChI is InChI=1S/C14H30BrO9P/c1-17-3-5-19-7-9-21-11-13-23-25(15,16)24-14-12-22-10-8-20-6-4-18-2/h3-14H2,1-2H3. The number of methoxy groups -OCH3 is 2. The quantitative estimate of drug-likeness (QED) is 0.203. The summed E-state index contributed by atoms with van der Waals surface area (Å²) in [6.07, 6.45) is -3.28. The summed E-state index contributed by atoms with van der Waals surface area (Å²) in [5, 5.41) is 0. The third kappa shape index (κ3) is 20.6. The Morgan fingerprint density at radius 1 is 0.560 bits per heavy atom. The van der Waals surface area contributed by atoms with E-state index in [4.69, 9.17) is 37.5 Å². The van der Waals surface area contributed by atoms with E-state index in [1.807, 2.05) is 0 Å². The first-order chi connectivity index (χ1) is 12.1. The largest absolute Gasteiger partial charge is 0.396 e. The van der Waals surface area contributed by atoms with Crippen LogP contribution in [0.4, 0.5) is 0 Å². The molecule has 0 spiro atoms. The molecule has 9 nitrogen and oxygen atoms in total. The maximum absolute atomic E-state index is 11.9. The lowest BCUT2D eigenvalue weighted by Gasteiger charge is -2.13. The van der Waals surface area contributed by atoms with E-state index in [0.29, 0.717) is 66.1 Å². The molecule has 0 bridgehead atoms. The van der Waals surface area contributed by atoms with Gasteiger partial charge in [0, 0.05) is 29.7 Å². The molecule has 0 aliphatic rings. The fourth-order valence-corrected chi connectivity index (χ4v) is 2.90. The Morgan fingerprint density at radius 3 is 1.16 bits per heavy atom. The SMILES string of the molecule is COCCOCCOCCOP(=O)(Br)OCCOCCOCCOC. The van der Waals surface area contributed by atoms with Crippen molar-refractivity contribution < 1.29 is 42.0 Å². The summed E-state index contributed by atoms with van der Waals surface area (Å²) in [6.45, 7) is 4.85. The highest BCUT2D eigenvalue weighted by Gasteiger charge is 2.19. The predicted octanol–water partition coefficient (Wildman–Crippen LogP) is 1.88. The van der Waals surface area contributed by atoms with Crippen molar-refractivity contribution in [1.29, 1.82) is 0 Å². The molecular formula is C14H30BrO9P. The lowest BCUT2D eigenvalue weighted by Crippen LogP contribution is -2.12. The van der Waals surface area contributed by atoms with Gasteiger partial charge in [-0.2, -0.15) is 0 Å². The minimum Gasteiger partial charge on any atom is -0.382 e. The Kier molecular flexibility index (Phi) is 19.5. The number of halogens is 1. The number of rotatable bonds is 20. The highest BCUT2D eigenvalue weighted by atomic mass is 79.9. The molecule has 0 radical (unpaired) electrons. The van der Waals surface area contributed by atoms with Crippen molar-refractivity contribution in [1.82, 2.24) is 0 Å². The number of hydrogen-bond acceptors (Lipinski definition) is 9. The summed E-state index contributed by atoms with van der Waals surface area (Å²) in [6, 6.07) is 0. The topological polar surface area (TPSA) is 90.9 Å². The molecule has 11 heteroatoms. The van der Waals surface area contributed by atoms with E-state index in [1.54, 1.807) is 14.2 Å². The van der Waals surface area contributed by atoms with E-state index >= 15 is 0 Å². The van der Waals surface area contributed by atoms with Crippen LogP contribution in [0.2, 0.25) is 0 Å². The van der Waals surface area contributed by atoms with Gasteiger partial charge in [-0.3, -0.25) is 9.05 Å². The molecule has 0 N–H and O–H groups in total. The van der Waals surface area contributed by atoms with Gasteiger partial charge in [0.05, 0.1) is 79.3 Å². The zero-order valence-corrected chi connectivity index (χ0v) is 17.5. The Morgan fingerprint density at radius 2 is 0.840 bits per heavy atom. The minimum absolute atomic E-state index is 0.148. The molecule has 0 saturated heterocycles. The molecule has 152 valence electrons. The van der Waals surface area contributed by atoms with Gasteiger partial charge in [-0.05, 0) is 0 Å². The van der Waals surface area contributed by atoms with E-state index in [-0.39, 0.29) is 13.2 Å². The first-order valence-corrected chi connectivity index (χ1v) is 11.6. The summed E-state index contributed by atoms with van der Waals surface area (Å²) >= 11 is 2.93. The molecule has 0 aliphatic heterocycles. The highest BCUT2D eigenvalue weighted by Crippen LogP contribution is 2.55. The normalized spacial score (nSPS) is 12.0. The third-order valence-electron chi connectivity index (χ3n) is 2.55. The van der Waals surface area contributed by atoms with E-state index < -0.39 is 6.30 Å². The van der Waals surface area contributed by atoms with Gasteiger partial charge in [0.2, 0.25) is 0 Å². The maximum Gasteiger partial charge on any atom is 0.396 e. The molecule has 0 atom stereocenters. The van der Waals surface area contributed by atoms with Gasteiger partial charge in [-0.25, -0.2) is 4.57 Å². The molecule has 0 fully saturated rings. The van der Waals surface area contributed by atoms with Crippen molar-refractivity contribution >= 4 is 21.8 Å². The fraction of sp³-hybridized carbons (Fsp3) is 1.00. The Hall–Kier alpha value is 0.390. The van der Waals surface area contributed by atoms with Crippen LogP contribution in [0.3, 0.4) is 0 Å². The summed E-state index contributed by atoms with van der Waals surface area (Å²) in [7, 11) is 3.23. The molecule has 0 aromatic carbocycles. The van der Waals surface area contributed by atoms with Crippen LogP contribution >= 0.6 is 21.8 Å². The average molecular weight is 453 g/mol. The maximum atomic E-state index is 11.9. The summed E-state index contributed by atoms with van der Waals surface area (Å²) in [5.41, 5.74) is 0. The average Bonchev–Trinajstić information content (AvgIpc) is 2.59. The molecule has 0 saturated carbocycles. The zero-order valence-electron chi connectivity index (χ0n) is 15.0. The highest BCUT2D eigenvalue weighted by molar-refractivity contribution is 9.39.